The van der Waals surface area contributed by atoms with Crippen LogP contribution in [0.25, 0.3) is 10.9 Å². The van der Waals surface area contributed by atoms with Gasteiger partial charge in [-0.3, -0.25) is 14.7 Å². The summed E-state index contributed by atoms with van der Waals surface area (Å²) < 4.78 is 27.7. The lowest BCUT2D eigenvalue weighted by atomic mass is 10.1. The van der Waals surface area contributed by atoms with E-state index in [0.717, 1.165) is 24.0 Å². The molecule has 3 atom stereocenters. The number of rotatable bonds is 4. The minimum atomic E-state index is -1.12. The summed E-state index contributed by atoms with van der Waals surface area (Å²) in [5.41, 5.74) is 1.25. The number of hydrogen-bond acceptors (Lipinski definition) is 5. The number of halogens is 2. The van der Waals surface area contributed by atoms with Gasteiger partial charge in [0.05, 0.1) is 19.2 Å². The molecule has 29 heavy (non-hydrogen) atoms. The molecule has 2 fully saturated rings. The first-order valence-electron chi connectivity index (χ1n) is 9.79. The van der Waals surface area contributed by atoms with Crippen molar-refractivity contribution in [1.82, 2.24) is 14.8 Å². The summed E-state index contributed by atoms with van der Waals surface area (Å²) in [7, 11) is 1.97. The van der Waals surface area contributed by atoms with E-state index in [0.29, 0.717) is 12.1 Å². The molecule has 0 N–H and O–H groups in total. The molecule has 2 saturated heterocycles. The molecule has 0 unspecified atom stereocenters. The Morgan fingerprint density at radius 1 is 1.38 bits per heavy atom. The fourth-order valence-electron chi connectivity index (χ4n) is 4.36. The van der Waals surface area contributed by atoms with Gasteiger partial charge in [-0.05, 0) is 30.7 Å². The van der Waals surface area contributed by atoms with Crippen LogP contribution in [0.1, 0.15) is 12.8 Å². The third kappa shape index (κ3) is 3.75. The second-order valence-electron chi connectivity index (χ2n) is 7.78. The lowest BCUT2D eigenvalue weighted by Crippen LogP contribution is -2.43. The molecule has 3 heterocycles. The van der Waals surface area contributed by atoms with Gasteiger partial charge < -0.3 is 9.80 Å². The van der Waals surface area contributed by atoms with E-state index >= 15 is 0 Å². The number of likely N-dealkylation sites (tertiary alicyclic amines) is 2. The van der Waals surface area contributed by atoms with Crippen LogP contribution < -0.4 is 4.90 Å². The zero-order valence-electron chi connectivity index (χ0n) is 16.3. The van der Waals surface area contributed by atoms with E-state index < -0.39 is 12.2 Å². The summed E-state index contributed by atoms with van der Waals surface area (Å²) >= 11 is 0. The van der Waals surface area contributed by atoms with Crippen LogP contribution in [0.4, 0.5) is 14.5 Å². The maximum absolute atomic E-state index is 14.1. The average Bonchev–Trinajstić information content (AvgIpc) is 3.34. The fraction of sp³-hybridized carbons (Fsp3) is 0.476. The molecular weight excluding hydrogens is 376 g/mol. The number of alkyl halides is 1. The Morgan fingerprint density at radius 2 is 2.21 bits per heavy atom. The summed E-state index contributed by atoms with van der Waals surface area (Å²) in [6.07, 6.45) is 1.41. The number of fused-ring (bicyclic) bond motifs is 1. The Kier molecular flexibility index (Phi) is 5.33. The van der Waals surface area contributed by atoms with Crippen LogP contribution in [0.3, 0.4) is 0 Å². The summed E-state index contributed by atoms with van der Waals surface area (Å²) in [5.74, 6) is -0.545. The van der Waals surface area contributed by atoms with Crippen LogP contribution in [0, 0.1) is 17.1 Å². The van der Waals surface area contributed by atoms with Crippen molar-refractivity contribution in [2.75, 3.05) is 38.1 Å². The number of nitrogens with zero attached hydrogens (tertiary/aromatic N) is 5. The number of pyridine rings is 1. The fourth-order valence-corrected chi connectivity index (χ4v) is 4.36. The highest BCUT2D eigenvalue weighted by Crippen LogP contribution is 2.30. The van der Waals surface area contributed by atoms with Gasteiger partial charge in [-0.2, -0.15) is 5.26 Å². The Morgan fingerprint density at radius 3 is 3.00 bits per heavy atom. The molecule has 0 saturated carbocycles. The number of likely N-dealkylation sites (N-methyl/N-ethyl adjacent to an activating group) is 1. The Hall–Kier alpha value is -2.79. The van der Waals surface area contributed by atoms with Gasteiger partial charge in [0, 0.05) is 49.9 Å². The Bertz CT molecular complexity index is 962. The molecule has 2 aliphatic rings. The predicted octanol–water partition coefficient (Wildman–Crippen LogP) is 2.35. The molecular formula is C21H23F2N5O. The maximum Gasteiger partial charge on any atom is 0.237 e. The normalized spacial score (nSPS) is 24.8. The van der Waals surface area contributed by atoms with Crippen molar-refractivity contribution < 1.29 is 13.6 Å². The third-order valence-electron chi connectivity index (χ3n) is 5.95. The van der Waals surface area contributed by atoms with E-state index in [2.05, 4.69) is 9.88 Å². The molecule has 2 aromatic rings. The number of carbonyl (C=O) groups excluding carboxylic acids is 1. The molecule has 0 aliphatic carbocycles. The van der Waals surface area contributed by atoms with Crippen LogP contribution >= 0.6 is 0 Å². The molecule has 0 spiro atoms. The zero-order valence-corrected chi connectivity index (χ0v) is 16.3. The first kappa shape index (κ1) is 19.5. The van der Waals surface area contributed by atoms with E-state index in [-0.39, 0.29) is 37.3 Å². The van der Waals surface area contributed by atoms with Crippen molar-refractivity contribution >= 4 is 22.5 Å². The van der Waals surface area contributed by atoms with Gasteiger partial charge in [0.25, 0.3) is 0 Å². The smallest absolute Gasteiger partial charge is 0.237 e. The standard InChI is InChI=1S/C21H23F2N5O/c1-26(19-5-4-18(23)21-17(19)3-2-7-25-21)15-6-8-27(12-15)13-20(29)28-11-14(22)9-16(28)10-24/h2-5,7,14-16H,6,8-9,11-13H2,1H3/t14-,15-,16-/m0/s1. The largest absolute Gasteiger partial charge is 0.370 e. The lowest BCUT2D eigenvalue weighted by Gasteiger charge is -2.28. The van der Waals surface area contributed by atoms with Gasteiger partial charge >= 0.3 is 0 Å². The molecule has 4 rings (SSSR count). The molecule has 6 nitrogen and oxygen atoms in total. The van der Waals surface area contributed by atoms with Gasteiger partial charge in [-0.25, -0.2) is 8.78 Å². The Labute approximate surface area is 168 Å². The van der Waals surface area contributed by atoms with E-state index in [1.54, 1.807) is 18.3 Å². The SMILES string of the molecule is CN(c1ccc(F)c2ncccc12)[C@H]1CCN(CC(=O)N2C[C@@H](F)C[C@H]2C#N)C1. The topological polar surface area (TPSA) is 63.5 Å². The van der Waals surface area contributed by atoms with Crippen LogP contribution in [-0.4, -0.2) is 72.2 Å². The number of hydrogen-bond donors (Lipinski definition) is 0. The molecule has 0 bridgehead atoms. The molecule has 2 aliphatic heterocycles. The first-order valence-corrected chi connectivity index (χ1v) is 9.79. The number of nitriles is 1. The quantitative estimate of drug-likeness (QED) is 0.790. The lowest BCUT2D eigenvalue weighted by molar-refractivity contribution is -0.132. The summed E-state index contributed by atoms with van der Waals surface area (Å²) in [5, 5.41) is 9.91. The van der Waals surface area contributed by atoms with Crippen LogP contribution in [0.5, 0.6) is 0 Å². The minimum absolute atomic E-state index is 0.00278. The third-order valence-corrected chi connectivity index (χ3v) is 5.95. The summed E-state index contributed by atoms with van der Waals surface area (Å²) in [6.45, 7) is 1.59. The number of aromatic nitrogens is 1. The van der Waals surface area contributed by atoms with Crippen LogP contribution in [0.2, 0.25) is 0 Å². The van der Waals surface area contributed by atoms with Gasteiger partial charge in [0.2, 0.25) is 5.91 Å². The van der Waals surface area contributed by atoms with Gasteiger partial charge in [-0.15, -0.1) is 0 Å². The van der Waals surface area contributed by atoms with Crippen molar-refractivity contribution in [1.29, 1.82) is 5.26 Å². The maximum atomic E-state index is 14.1. The second kappa shape index (κ2) is 7.91. The van der Waals surface area contributed by atoms with Crippen molar-refractivity contribution in [2.45, 2.75) is 31.1 Å². The second-order valence-corrected chi connectivity index (χ2v) is 7.78. The van der Waals surface area contributed by atoms with Gasteiger partial charge in [0.15, 0.2) is 0 Å². The van der Waals surface area contributed by atoms with Crippen LogP contribution in [-0.2, 0) is 4.79 Å². The number of benzene rings is 1. The summed E-state index contributed by atoms with van der Waals surface area (Å²) in [4.78, 5) is 22.2. The monoisotopic (exact) mass is 399 g/mol. The average molecular weight is 399 g/mol. The Balaban J connectivity index is 1.43. The van der Waals surface area contributed by atoms with E-state index in [1.807, 2.05) is 24.1 Å². The van der Waals surface area contributed by atoms with Crippen molar-refractivity contribution in [3.05, 3.63) is 36.3 Å². The van der Waals surface area contributed by atoms with E-state index in [1.165, 1.54) is 11.0 Å². The molecule has 8 heteroatoms. The summed E-state index contributed by atoms with van der Waals surface area (Å²) in [6, 6.07) is 8.35. The molecule has 1 aromatic carbocycles. The van der Waals surface area contributed by atoms with Gasteiger partial charge in [0.1, 0.15) is 23.5 Å². The molecule has 152 valence electrons. The molecule has 1 aromatic heterocycles. The van der Waals surface area contributed by atoms with Crippen molar-refractivity contribution in [3.63, 3.8) is 0 Å². The highest BCUT2D eigenvalue weighted by atomic mass is 19.1. The highest BCUT2D eigenvalue weighted by molar-refractivity contribution is 5.92. The minimum Gasteiger partial charge on any atom is -0.370 e. The van der Waals surface area contributed by atoms with Crippen LogP contribution in [0.15, 0.2) is 30.5 Å². The number of amides is 1. The van der Waals surface area contributed by atoms with Crippen molar-refractivity contribution in [3.8, 4) is 6.07 Å². The van der Waals surface area contributed by atoms with Crippen molar-refractivity contribution in [2.24, 2.45) is 0 Å². The predicted molar refractivity (Wildman–Crippen MR) is 106 cm³/mol. The molecule has 1 amide bonds. The zero-order chi connectivity index (χ0) is 20.5. The highest BCUT2D eigenvalue weighted by Gasteiger charge is 2.37. The van der Waals surface area contributed by atoms with Gasteiger partial charge in [-0.1, -0.05) is 0 Å². The first-order chi connectivity index (χ1) is 14.0. The number of carbonyl (C=O) groups is 1. The van der Waals surface area contributed by atoms with E-state index in [4.69, 9.17) is 5.26 Å². The number of anilines is 1. The molecule has 0 radical (unpaired) electrons. The van der Waals surface area contributed by atoms with E-state index in [9.17, 15) is 13.6 Å².